The summed E-state index contributed by atoms with van der Waals surface area (Å²) in [5.41, 5.74) is 0.939. The lowest BCUT2D eigenvalue weighted by Gasteiger charge is -2.33. The summed E-state index contributed by atoms with van der Waals surface area (Å²) < 4.78 is 53.1. The molecule has 226 valence electrons. The highest BCUT2D eigenvalue weighted by Crippen LogP contribution is 2.27. The number of amides is 2. The second-order valence-corrected chi connectivity index (χ2v) is 11.7. The predicted molar refractivity (Wildman–Crippen MR) is 159 cm³/mol. The molecule has 3 rings (SSSR count). The number of carbonyl (C=O) groups is 2. The van der Waals surface area contributed by atoms with Crippen LogP contribution in [0.2, 0.25) is 0 Å². The van der Waals surface area contributed by atoms with E-state index in [4.69, 9.17) is 9.47 Å². The van der Waals surface area contributed by atoms with Crippen molar-refractivity contribution in [3.05, 3.63) is 84.2 Å². The molecule has 1 atom stereocenters. The lowest BCUT2D eigenvalue weighted by atomic mass is 10.1. The summed E-state index contributed by atoms with van der Waals surface area (Å²) in [4.78, 5) is 28.5. The van der Waals surface area contributed by atoms with E-state index in [2.05, 4.69) is 5.32 Å². The minimum absolute atomic E-state index is 0.0561. The summed E-state index contributed by atoms with van der Waals surface area (Å²) in [5.74, 6) is -0.359. The van der Waals surface area contributed by atoms with Crippen molar-refractivity contribution in [2.75, 3.05) is 24.6 Å². The third-order valence-electron chi connectivity index (χ3n) is 6.45. The molecule has 9 nitrogen and oxygen atoms in total. The lowest BCUT2D eigenvalue weighted by Crippen LogP contribution is -2.53. The standard InChI is InChI=1S/C31H38FN3O6S/c1-6-29(31(37)33-22(3)4)34(20-23-8-14-26(40-5)15-9-23)30(36)21-35(25-12-16-27(17-13-25)41-7-2)42(38,39)28-18-10-24(32)11-19-28/h8-19,22,29H,6-7,20-21H2,1-5H3,(H,33,37)/t29-/m0/s1. The highest BCUT2D eigenvalue weighted by molar-refractivity contribution is 7.92. The molecular weight excluding hydrogens is 561 g/mol. The van der Waals surface area contributed by atoms with Crippen LogP contribution in [0.1, 0.15) is 39.7 Å². The largest absolute Gasteiger partial charge is 0.497 e. The molecule has 0 fully saturated rings. The van der Waals surface area contributed by atoms with Crippen LogP contribution in [0.15, 0.2) is 77.7 Å². The van der Waals surface area contributed by atoms with Crippen molar-refractivity contribution in [1.82, 2.24) is 10.2 Å². The normalized spacial score (nSPS) is 12.0. The first-order valence-corrected chi connectivity index (χ1v) is 15.2. The van der Waals surface area contributed by atoms with Crippen LogP contribution in [0, 0.1) is 5.82 Å². The van der Waals surface area contributed by atoms with E-state index in [1.54, 1.807) is 50.4 Å². The zero-order chi connectivity index (χ0) is 30.9. The van der Waals surface area contributed by atoms with Crippen molar-refractivity contribution in [1.29, 1.82) is 0 Å². The quantitative estimate of drug-likeness (QED) is 0.287. The molecule has 0 aliphatic carbocycles. The summed E-state index contributed by atoms with van der Waals surface area (Å²) in [7, 11) is -2.77. The van der Waals surface area contributed by atoms with Crippen molar-refractivity contribution in [2.24, 2.45) is 0 Å². The number of carbonyl (C=O) groups excluding carboxylic acids is 2. The Labute approximate surface area is 247 Å². The lowest BCUT2D eigenvalue weighted by molar-refractivity contribution is -0.140. The minimum atomic E-state index is -4.32. The van der Waals surface area contributed by atoms with Crippen LogP contribution in [-0.4, -0.2) is 57.5 Å². The van der Waals surface area contributed by atoms with E-state index >= 15 is 0 Å². The van der Waals surface area contributed by atoms with Gasteiger partial charge >= 0.3 is 0 Å². The number of anilines is 1. The molecule has 0 spiro atoms. The van der Waals surface area contributed by atoms with Crippen molar-refractivity contribution in [3.63, 3.8) is 0 Å². The van der Waals surface area contributed by atoms with Gasteiger partial charge in [0.05, 0.1) is 24.3 Å². The van der Waals surface area contributed by atoms with Crippen molar-refractivity contribution >= 4 is 27.5 Å². The molecule has 0 bridgehead atoms. The minimum Gasteiger partial charge on any atom is -0.497 e. The third-order valence-corrected chi connectivity index (χ3v) is 8.23. The fourth-order valence-corrected chi connectivity index (χ4v) is 5.78. The zero-order valence-corrected chi connectivity index (χ0v) is 25.4. The van der Waals surface area contributed by atoms with Gasteiger partial charge in [0.2, 0.25) is 11.8 Å². The van der Waals surface area contributed by atoms with Crippen LogP contribution in [0.3, 0.4) is 0 Å². The number of hydrogen-bond donors (Lipinski definition) is 1. The molecule has 11 heteroatoms. The monoisotopic (exact) mass is 599 g/mol. The van der Waals surface area contributed by atoms with Gasteiger partial charge in [0, 0.05) is 12.6 Å². The third kappa shape index (κ3) is 8.22. The maximum absolute atomic E-state index is 14.1. The van der Waals surface area contributed by atoms with Crippen LogP contribution in [0.5, 0.6) is 11.5 Å². The Hall–Kier alpha value is -4.12. The van der Waals surface area contributed by atoms with Gasteiger partial charge in [0.25, 0.3) is 10.0 Å². The highest BCUT2D eigenvalue weighted by atomic mass is 32.2. The molecule has 0 unspecified atom stereocenters. The Morgan fingerprint density at radius 2 is 1.50 bits per heavy atom. The van der Waals surface area contributed by atoms with E-state index in [0.717, 1.165) is 34.1 Å². The van der Waals surface area contributed by atoms with Crippen LogP contribution < -0.4 is 19.1 Å². The van der Waals surface area contributed by atoms with Crippen LogP contribution >= 0.6 is 0 Å². The Morgan fingerprint density at radius 3 is 2.02 bits per heavy atom. The molecular formula is C31H38FN3O6S. The Kier molecular flexibility index (Phi) is 11.3. The van der Waals surface area contributed by atoms with Crippen LogP contribution in [0.4, 0.5) is 10.1 Å². The van der Waals surface area contributed by atoms with Crippen molar-refractivity contribution < 1.29 is 31.9 Å². The average Bonchev–Trinajstić information content (AvgIpc) is 2.96. The van der Waals surface area contributed by atoms with Gasteiger partial charge in [-0.1, -0.05) is 19.1 Å². The Balaban J connectivity index is 2.06. The van der Waals surface area contributed by atoms with Gasteiger partial charge in [-0.3, -0.25) is 13.9 Å². The SMILES string of the molecule is CCOc1ccc(N(CC(=O)N(Cc2ccc(OC)cc2)[C@@H](CC)C(=O)NC(C)C)S(=O)(=O)c2ccc(F)cc2)cc1. The Bertz CT molecular complexity index is 1430. The van der Waals surface area contributed by atoms with E-state index < -0.39 is 34.3 Å². The van der Waals surface area contributed by atoms with Gasteiger partial charge in [-0.25, -0.2) is 12.8 Å². The second kappa shape index (κ2) is 14.7. The van der Waals surface area contributed by atoms with Gasteiger partial charge in [0.15, 0.2) is 0 Å². The molecule has 0 heterocycles. The van der Waals surface area contributed by atoms with Gasteiger partial charge in [0.1, 0.15) is 29.9 Å². The average molecular weight is 600 g/mol. The number of nitrogens with one attached hydrogen (secondary N) is 1. The number of ether oxygens (including phenoxy) is 2. The zero-order valence-electron chi connectivity index (χ0n) is 24.5. The van der Waals surface area contributed by atoms with Gasteiger partial charge < -0.3 is 19.7 Å². The number of rotatable bonds is 14. The first-order chi connectivity index (χ1) is 20.0. The maximum atomic E-state index is 14.1. The molecule has 3 aromatic rings. The van der Waals surface area contributed by atoms with Gasteiger partial charge in [-0.15, -0.1) is 0 Å². The predicted octanol–water partition coefficient (Wildman–Crippen LogP) is 4.76. The molecule has 0 saturated carbocycles. The Morgan fingerprint density at radius 1 is 0.905 bits per heavy atom. The molecule has 0 aliphatic heterocycles. The van der Waals surface area contributed by atoms with Crippen LogP contribution in [-0.2, 0) is 26.2 Å². The molecule has 0 radical (unpaired) electrons. The summed E-state index contributed by atoms with van der Waals surface area (Å²) in [6, 6.07) is 16.7. The van der Waals surface area contributed by atoms with E-state index in [1.165, 1.54) is 17.0 Å². The number of nitrogens with zero attached hydrogens (tertiary/aromatic N) is 2. The molecule has 0 aliphatic rings. The van der Waals surface area contributed by atoms with Crippen molar-refractivity contribution in [3.8, 4) is 11.5 Å². The van der Waals surface area contributed by atoms with Crippen LogP contribution in [0.25, 0.3) is 0 Å². The molecule has 2 amide bonds. The molecule has 1 N–H and O–H groups in total. The van der Waals surface area contributed by atoms with E-state index in [1.807, 2.05) is 20.8 Å². The van der Waals surface area contributed by atoms with E-state index in [9.17, 15) is 22.4 Å². The summed E-state index contributed by atoms with van der Waals surface area (Å²) in [5, 5.41) is 2.86. The number of sulfonamides is 1. The summed E-state index contributed by atoms with van der Waals surface area (Å²) >= 11 is 0. The smallest absolute Gasteiger partial charge is 0.264 e. The van der Waals surface area contributed by atoms with E-state index in [0.29, 0.717) is 24.5 Å². The maximum Gasteiger partial charge on any atom is 0.264 e. The first-order valence-electron chi connectivity index (χ1n) is 13.7. The molecule has 0 saturated heterocycles. The molecule has 0 aromatic heterocycles. The summed E-state index contributed by atoms with van der Waals surface area (Å²) in [6.07, 6.45) is 0.300. The first kappa shape index (κ1) is 32.4. The van der Waals surface area contributed by atoms with Gasteiger partial charge in [-0.2, -0.15) is 0 Å². The summed E-state index contributed by atoms with van der Waals surface area (Å²) in [6.45, 7) is 7.14. The van der Waals surface area contributed by atoms with E-state index in [-0.39, 0.29) is 29.1 Å². The van der Waals surface area contributed by atoms with Crippen molar-refractivity contribution in [2.45, 2.75) is 57.6 Å². The number of methoxy groups -OCH3 is 1. The topological polar surface area (TPSA) is 105 Å². The number of halogens is 1. The number of hydrogen-bond acceptors (Lipinski definition) is 6. The highest BCUT2D eigenvalue weighted by Gasteiger charge is 2.34. The fraction of sp³-hybridized carbons (Fsp3) is 0.355. The molecule has 3 aromatic carbocycles. The fourth-order valence-electron chi connectivity index (χ4n) is 4.37. The number of benzene rings is 3. The second-order valence-electron chi connectivity index (χ2n) is 9.85. The molecule has 42 heavy (non-hydrogen) atoms. The van der Waals surface area contributed by atoms with Gasteiger partial charge in [-0.05, 0) is 93.4 Å².